The van der Waals surface area contributed by atoms with Crippen LogP contribution in [0.1, 0.15) is 19.8 Å². The molecule has 2 amide bonds. The Balaban J connectivity index is 2.13. The number of nitrogens with one attached hydrogen (secondary N) is 1. The predicted octanol–water partition coefficient (Wildman–Crippen LogP) is 2.46. The van der Waals surface area contributed by atoms with E-state index in [0.717, 1.165) is 30.3 Å². The minimum Gasteiger partial charge on any atom is -0.321 e. The fourth-order valence-electron chi connectivity index (χ4n) is 2.20. The number of anilines is 1. The van der Waals surface area contributed by atoms with Crippen LogP contribution in [0.3, 0.4) is 0 Å². The molecule has 9 heteroatoms. The second-order valence-corrected chi connectivity index (χ2v) is 7.05. The van der Waals surface area contributed by atoms with Crippen molar-refractivity contribution in [2.24, 2.45) is 0 Å². The smallest absolute Gasteiger partial charge is 0.321 e. The summed E-state index contributed by atoms with van der Waals surface area (Å²) < 4.78 is 0.867. The van der Waals surface area contributed by atoms with E-state index in [1.54, 1.807) is 4.90 Å². The molecule has 21 heavy (non-hydrogen) atoms. The average molecular weight is 350 g/mol. The molecule has 0 radical (unpaired) electrons. The van der Waals surface area contributed by atoms with E-state index in [0.29, 0.717) is 17.6 Å². The van der Waals surface area contributed by atoms with Gasteiger partial charge in [0.25, 0.3) is 0 Å². The zero-order valence-electron chi connectivity index (χ0n) is 12.2. The topological polar surface area (TPSA) is 61.4 Å². The largest absolute Gasteiger partial charge is 0.327 e. The van der Waals surface area contributed by atoms with E-state index in [1.165, 1.54) is 23.1 Å². The second kappa shape index (κ2) is 8.17. The number of alkyl halides is 1. The van der Waals surface area contributed by atoms with E-state index in [-0.39, 0.29) is 12.2 Å². The molecule has 0 aliphatic carbocycles. The fourth-order valence-corrected chi connectivity index (χ4v) is 3.64. The molecular formula is C12H20ClN5OS2. The van der Waals surface area contributed by atoms with Crippen LogP contribution in [-0.4, -0.2) is 59.1 Å². The molecule has 2 heterocycles. The standard InChI is InChI=1S/C12H20ClN5OS2/c1-3-7-17-8-9(14-6-4-5-13)18(12(17)19)10-15-16-11(20-2)21-10/h9,14H,3-8H2,1-2H3. The monoisotopic (exact) mass is 349 g/mol. The summed E-state index contributed by atoms with van der Waals surface area (Å²) in [6, 6.07) is 0.00373. The number of hydrogen-bond acceptors (Lipinski definition) is 6. The lowest BCUT2D eigenvalue weighted by atomic mass is 10.4. The molecule has 2 rings (SSSR count). The van der Waals surface area contributed by atoms with E-state index < -0.39 is 0 Å². The van der Waals surface area contributed by atoms with Gasteiger partial charge < -0.3 is 4.90 Å². The van der Waals surface area contributed by atoms with Gasteiger partial charge in [-0.25, -0.2) is 4.79 Å². The van der Waals surface area contributed by atoms with Crippen molar-refractivity contribution in [1.82, 2.24) is 20.4 Å². The van der Waals surface area contributed by atoms with E-state index >= 15 is 0 Å². The van der Waals surface area contributed by atoms with Crippen molar-refractivity contribution in [3.63, 3.8) is 0 Å². The van der Waals surface area contributed by atoms with Crippen molar-refractivity contribution in [3.8, 4) is 0 Å². The first kappa shape index (κ1) is 16.8. The molecule has 1 aromatic rings. The molecule has 0 aromatic carbocycles. The highest BCUT2D eigenvalue weighted by atomic mass is 35.5. The maximum atomic E-state index is 12.6. The van der Waals surface area contributed by atoms with Gasteiger partial charge in [-0.05, 0) is 25.6 Å². The molecule has 1 saturated heterocycles. The number of hydrogen-bond donors (Lipinski definition) is 1. The van der Waals surface area contributed by atoms with Gasteiger partial charge in [-0.3, -0.25) is 10.2 Å². The van der Waals surface area contributed by atoms with Crippen LogP contribution in [0.25, 0.3) is 0 Å². The van der Waals surface area contributed by atoms with Crippen molar-refractivity contribution in [3.05, 3.63) is 0 Å². The molecule has 0 bridgehead atoms. The van der Waals surface area contributed by atoms with E-state index in [9.17, 15) is 4.79 Å². The first-order chi connectivity index (χ1) is 10.2. The van der Waals surface area contributed by atoms with E-state index in [2.05, 4.69) is 22.4 Å². The average Bonchev–Trinajstić information content (AvgIpc) is 3.05. The minimum absolute atomic E-state index is 0.00373. The van der Waals surface area contributed by atoms with Crippen LogP contribution >= 0.6 is 34.7 Å². The van der Waals surface area contributed by atoms with Crippen molar-refractivity contribution >= 4 is 45.9 Å². The van der Waals surface area contributed by atoms with Gasteiger partial charge in [0.1, 0.15) is 6.17 Å². The molecule has 1 aromatic heterocycles. The highest BCUT2D eigenvalue weighted by Gasteiger charge is 2.39. The molecule has 1 fully saturated rings. The predicted molar refractivity (Wildman–Crippen MR) is 88.6 cm³/mol. The van der Waals surface area contributed by atoms with E-state index in [1.807, 2.05) is 11.2 Å². The highest BCUT2D eigenvalue weighted by molar-refractivity contribution is 8.00. The van der Waals surface area contributed by atoms with Gasteiger partial charge in [-0.1, -0.05) is 30.0 Å². The molecule has 0 spiro atoms. The lowest BCUT2D eigenvalue weighted by Gasteiger charge is -2.20. The van der Waals surface area contributed by atoms with Gasteiger partial charge in [-0.15, -0.1) is 21.8 Å². The molecule has 1 aliphatic rings. The lowest BCUT2D eigenvalue weighted by Crippen LogP contribution is -2.44. The number of aromatic nitrogens is 2. The third-order valence-electron chi connectivity index (χ3n) is 3.14. The zero-order valence-corrected chi connectivity index (χ0v) is 14.6. The van der Waals surface area contributed by atoms with Crippen LogP contribution in [0.15, 0.2) is 4.34 Å². The summed E-state index contributed by atoms with van der Waals surface area (Å²) in [7, 11) is 0. The number of thioether (sulfide) groups is 1. The molecule has 1 aliphatic heterocycles. The summed E-state index contributed by atoms with van der Waals surface area (Å²) in [5.41, 5.74) is 0. The van der Waals surface area contributed by atoms with Crippen LogP contribution in [0.5, 0.6) is 0 Å². The van der Waals surface area contributed by atoms with Crippen LogP contribution < -0.4 is 10.2 Å². The normalized spacial score (nSPS) is 18.8. The van der Waals surface area contributed by atoms with Gasteiger partial charge in [0.15, 0.2) is 4.34 Å². The van der Waals surface area contributed by atoms with Gasteiger partial charge in [0, 0.05) is 12.4 Å². The number of halogens is 1. The fraction of sp³-hybridized carbons (Fsp3) is 0.750. The summed E-state index contributed by atoms with van der Waals surface area (Å²) in [4.78, 5) is 16.1. The summed E-state index contributed by atoms with van der Waals surface area (Å²) in [6.07, 6.45) is 3.71. The van der Waals surface area contributed by atoms with E-state index in [4.69, 9.17) is 11.6 Å². The summed E-state index contributed by atoms with van der Waals surface area (Å²) in [5.74, 6) is 0.613. The third-order valence-corrected chi connectivity index (χ3v) is 5.31. The van der Waals surface area contributed by atoms with Crippen molar-refractivity contribution < 1.29 is 4.79 Å². The van der Waals surface area contributed by atoms with Gasteiger partial charge in [0.2, 0.25) is 5.13 Å². The van der Waals surface area contributed by atoms with Crippen LogP contribution in [0, 0.1) is 0 Å². The Morgan fingerprint density at radius 2 is 2.33 bits per heavy atom. The van der Waals surface area contributed by atoms with Gasteiger partial charge >= 0.3 is 6.03 Å². The first-order valence-corrected chi connectivity index (χ1v) is 9.53. The molecule has 1 N–H and O–H groups in total. The van der Waals surface area contributed by atoms with Crippen molar-refractivity contribution in [2.45, 2.75) is 30.3 Å². The Bertz CT molecular complexity index is 472. The van der Waals surface area contributed by atoms with Crippen LogP contribution in [0.4, 0.5) is 9.93 Å². The number of rotatable bonds is 8. The summed E-state index contributed by atoms with van der Waals surface area (Å²) in [6.45, 7) is 4.29. The third kappa shape index (κ3) is 4.00. The maximum absolute atomic E-state index is 12.6. The Hall–Kier alpha value is -0.570. The number of carbonyl (C=O) groups is 1. The Kier molecular flexibility index (Phi) is 6.53. The van der Waals surface area contributed by atoms with Crippen molar-refractivity contribution in [2.75, 3.05) is 36.7 Å². The number of urea groups is 1. The Labute approximate surface area is 138 Å². The van der Waals surface area contributed by atoms with Crippen LogP contribution in [-0.2, 0) is 0 Å². The van der Waals surface area contributed by atoms with Crippen molar-refractivity contribution in [1.29, 1.82) is 0 Å². The quantitative estimate of drug-likeness (QED) is 0.338. The molecular weight excluding hydrogens is 330 g/mol. The zero-order chi connectivity index (χ0) is 15.2. The summed E-state index contributed by atoms with van der Waals surface area (Å²) in [5, 5.41) is 12.3. The molecule has 0 saturated carbocycles. The second-order valence-electron chi connectivity index (χ2n) is 4.67. The number of nitrogens with zero attached hydrogens (tertiary/aromatic N) is 4. The van der Waals surface area contributed by atoms with Gasteiger partial charge in [0.05, 0.1) is 6.54 Å². The number of carbonyl (C=O) groups excluding carboxylic acids is 1. The minimum atomic E-state index is -0.0603. The van der Waals surface area contributed by atoms with Crippen LogP contribution in [0.2, 0.25) is 0 Å². The number of amides is 2. The summed E-state index contributed by atoms with van der Waals surface area (Å²) >= 11 is 8.70. The lowest BCUT2D eigenvalue weighted by molar-refractivity contribution is 0.220. The Morgan fingerprint density at radius 1 is 1.52 bits per heavy atom. The molecule has 118 valence electrons. The molecule has 6 nitrogen and oxygen atoms in total. The highest BCUT2D eigenvalue weighted by Crippen LogP contribution is 2.30. The Morgan fingerprint density at radius 3 is 2.95 bits per heavy atom. The first-order valence-electron chi connectivity index (χ1n) is 6.96. The SMILES string of the molecule is CCCN1CC(NCCCCl)N(c2nnc(SC)s2)C1=O. The van der Waals surface area contributed by atoms with Gasteiger partial charge in [-0.2, -0.15) is 0 Å². The maximum Gasteiger partial charge on any atom is 0.327 e. The molecule has 1 atom stereocenters. The molecule has 1 unspecified atom stereocenters.